The highest BCUT2D eigenvalue weighted by atomic mass is 35.5. The number of benzene rings is 1. The normalized spacial score (nSPS) is 10.5. The number of aromatic nitrogens is 1. The van der Waals surface area contributed by atoms with E-state index in [0.29, 0.717) is 10.8 Å². The molecule has 1 aromatic carbocycles. The lowest BCUT2D eigenvalue weighted by atomic mass is 10.1. The van der Waals surface area contributed by atoms with Gasteiger partial charge in [-0.1, -0.05) is 30.7 Å². The molecule has 0 aliphatic heterocycles. The van der Waals surface area contributed by atoms with Crippen LogP contribution in [0.25, 0.3) is 11.3 Å². The van der Waals surface area contributed by atoms with E-state index in [2.05, 4.69) is 4.98 Å². The van der Waals surface area contributed by atoms with Crippen molar-refractivity contribution in [2.75, 3.05) is 5.73 Å². The standard InChI is InChI=1S/C11H11ClN2O/c1-2-9-10(15-11(13)14-9)7-5-3-4-6-8(7)12/h3-6H,2H2,1H3,(H2,13,14). The number of hydrogen-bond donors (Lipinski definition) is 1. The average Bonchev–Trinajstić information content (AvgIpc) is 2.60. The highest BCUT2D eigenvalue weighted by Crippen LogP contribution is 2.31. The van der Waals surface area contributed by atoms with Crippen molar-refractivity contribution in [3.63, 3.8) is 0 Å². The van der Waals surface area contributed by atoms with Crippen molar-refractivity contribution < 1.29 is 4.42 Å². The Morgan fingerprint density at radius 2 is 2.13 bits per heavy atom. The molecule has 1 aromatic heterocycles. The van der Waals surface area contributed by atoms with Gasteiger partial charge >= 0.3 is 0 Å². The lowest BCUT2D eigenvalue weighted by molar-refractivity contribution is 0.593. The molecule has 15 heavy (non-hydrogen) atoms. The van der Waals surface area contributed by atoms with Crippen LogP contribution in [0.5, 0.6) is 0 Å². The van der Waals surface area contributed by atoms with Crippen LogP contribution in [0, 0.1) is 0 Å². The molecule has 2 aromatic rings. The molecule has 0 unspecified atom stereocenters. The van der Waals surface area contributed by atoms with Crippen LogP contribution in [0.3, 0.4) is 0 Å². The van der Waals surface area contributed by atoms with Crippen molar-refractivity contribution >= 4 is 17.6 Å². The Labute approximate surface area is 92.9 Å². The number of oxazole rings is 1. The van der Waals surface area contributed by atoms with E-state index in [4.69, 9.17) is 21.8 Å². The molecule has 0 fully saturated rings. The van der Waals surface area contributed by atoms with Gasteiger partial charge in [0.1, 0.15) is 0 Å². The van der Waals surface area contributed by atoms with Gasteiger partial charge in [-0.2, -0.15) is 4.98 Å². The fourth-order valence-corrected chi connectivity index (χ4v) is 1.69. The number of aryl methyl sites for hydroxylation is 1. The summed E-state index contributed by atoms with van der Waals surface area (Å²) in [5.41, 5.74) is 7.19. The van der Waals surface area contributed by atoms with Crippen molar-refractivity contribution in [1.29, 1.82) is 0 Å². The zero-order chi connectivity index (χ0) is 10.8. The van der Waals surface area contributed by atoms with Gasteiger partial charge in [0.25, 0.3) is 6.01 Å². The fraction of sp³-hybridized carbons (Fsp3) is 0.182. The van der Waals surface area contributed by atoms with E-state index < -0.39 is 0 Å². The number of rotatable bonds is 2. The zero-order valence-corrected chi connectivity index (χ0v) is 9.08. The van der Waals surface area contributed by atoms with Gasteiger partial charge in [0, 0.05) is 5.56 Å². The molecule has 0 amide bonds. The first-order valence-electron chi connectivity index (χ1n) is 4.72. The molecule has 1 heterocycles. The molecule has 0 aliphatic carbocycles. The molecule has 0 saturated carbocycles. The Bertz CT molecular complexity index is 479. The number of hydrogen-bond acceptors (Lipinski definition) is 3. The molecule has 0 saturated heterocycles. The molecule has 3 nitrogen and oxygen atoms in total. The monoisotopic (exact) mass is 222 g/mol. The highest BCUT2D eigenvalue weighted by molar-refractivity contribution is 6.33. The van der Waals surface area contributed by atoms with E-state index in [1.165, 1.54) is 0 Å². The number of halogens is 1. The van der Waals surface area contributed by atoms with E-state index >= 15 is 0 Å². The Balaban J connectivity index is 2.58. The molecular weight excluding hydrogens is 212 g/mol. The summed E-state index contributed by atoms with van der Waals surface area (Å²) >= 11 is 6.07. The van der Waals surface area contributed by atoms with Crippen LogP contribution in [0.2, 0.25) is 5.02 Å². The minimum Gasteiger partial charge on any atom is -0.423 e. The van der Waals surface area contributed by atoms with Gasteiger partial charge in [-0.3, -0.25) is 0 Å². The average molecular weight is 223 g/mol. The van der Waals surface area contributed by atoms with Crippen molar-refractivity contribution in [2.45, 2.75) is 13.3 Å². The highest BCUT2D eigenvalue weighted by Gasteiger charge is 2.14. The molecule has 2 N–H and O–H groups in total. The molecule has 0 spiro atoms. The third-order valence-electron chi connectivity index (χ3n) is 2.17. The first-order chi connectivity index (χ1) is 7.22. The van der Waals surface area contributed by atoms with Gasteiger partial charge in [-0.25, -0.2) is 0 Å². The number of nitrogens with zero attached hydrogens (tertiary/aromatic N) is 1. The summed E-state index contributed by atoms with van der Waals surface area (Å²) in [4.78, 5) is 4.10. The summed E-state index contributed by atoms with van der Waals surface area (Å²) in [6, 6.07) is 7.66. The molecule has 0 bridgehead atoms. The van der Waals surface area contributed by atoms with Crippen LogP contribution in [-0.4, -0.2) is 4.98 Å². The van der Waals surface area contributed by atoms with E-state index in [-0.39, 0.29) is 6.01 Å². The van der Waals surface area contributed by atoms with Gasteiger partial charge in [-0.15, -0.1) is 0 Å². The number of anilines is 1. The van der Waals surface area contributed by atoms with Gasteiger partial charge in [-0.05, 0) is 18.6 Å². The maximum absolute atomic E-state index is 6.07. The lowest BCUT2D eigenvalue weighted by Gasteiger charge is -2.00. The second-order valence-electron chi connectivity index (χ2n) is 3.16. The van der Waals surface area contributed by atoms with Gasteiger partial charge in [0.2, 0.25) is 0 Å². The van der Waals surface area contributed by atoms with E-state index in [9.17, 15) is 0 Å². The van der Waals surface area contributed by atoms with E-state index in [0.717, 1.165) is 17.7 Å². The van der Waals surface area contributed by atoms with Crippen LogP contribution in [0.15, 0.2) is 28.7 Å². The van der Waals surface area contributed by atoms with Gasteiger partial charge in [0.15, 0.2) is 5.76 Å². The van der Waals surface area contributed by atoms with E-state index in [1.54, 1.807) is 0 Å². The first-order valence-corrected chi connectivity index (χ1v) is 5.10. The second-order valence-corrected chi connectivity index (χ2v) is 3.57. The zero-order valence-electron chi connectivity index (χ0n) is 8.33. The third kappa shape index (κ3) is 1.83. The molecular formula is C11H11ClN2O. The second kappa shape index (κ2) is 3.95. The number of nitrogens with two attached hydrogens (primary N) is 1. The largest absolute Gasteiger partial charge is 0.423 e. The van der Waals surface area contributed by atoms with Crippen LogP contribution >= 0.6 is 11.6 Å². The Hall–Kier alpha value is -1.48. The van der Waals surface area contributed by atoms with Gasteiger partial charge < -0.3 is 10.2 Å². The molecule has 78 valence electrons. The lowest BCUT2D eigenvalue weighted by Crippen LogP contribution is -1.86. The molecule has 0 radical (unpaired) electrons. The van der Waals surface area contributed by atoms with Crippen LogP contribution < -0.4 is 5.73 Å². The van der Waals surface area contributed by atoms with Crippen molar-refractivity contribution in [1.82, 2.24) is 4.98 Å². The summed E-state index contributed by atoms with van der Waals surface area (Å²) in [6.07, 6.45) is 0.765. The van der Waals surface area contributed by atoms with E-state index in [1.807, 2.05) is 31.2 Å². The molecule has 4 heteroatoms. The molecule has 0 atom stereocenters. The van der Waals surface area contributed by atoms with Crippen LogP contribution in [-0.2, 0) is 6.42 Å². The Morgan fingerprint density at radius 1 is 1.40 bits per heavy atom. The summed E-state index contributed by atoms with van der Waals surface area (Å²) < 4.78 is 5.35. The summed E-state index contributed by atoms with van der Waals surface area (Å²) in [5, 5.41) is 0.642. The van der Waals surface area contributed by atoms with Gasteiger partial charge in [0.05, 0.1) is 10.7 Å². The minimum absolute atomic E-state index is 0.182. The molecule has 0 aliphatic rings. The molecule has 2 rings (SSSR count). The predicted molar refractivity (Wildman–Crippen MR) is 60.7 cm³/mol. The number of nitrogen functional groups attached to an aromatic ring is 1. The maximum atomic E-state index is 6.07. The van der Waals surface area contributed by atoms with Crippen LogP contribution in [0.1, 0.15) is 12.6 Å². The van der Waals surface area contributed by atoms with Crippen molar-refractivity contribution in [3.05, 3.63) is 35.0 Å². The predicted octanol–water partition coefficient (Wildman–Crippen LogP) is 3.14. The Kier molecular flexibility index (Phi) is 2.64. The maximum Gasteiger partial charge on any atom is 0.292 e. The Morgan fingerprint density at radius 3 is 2.80 bits per heavy atom. The van der Waals surface area contributed by atoms with Crippen molar-refractivity contribution in [2.24, 2.45) is 0 Å². The smallest absolute Gasteiger partial charge is 0.292 e. The first kappa shape index (κ1) is 10.1. The quantitative estimate of drug-likeness (QED) is 0.849. The SMILES string of the molecule is CCc1nc(N)oc1-c1ccccc1Cl. The van der Waals surface area contributed by atoms with Crippen molar-refractivity contribution in [3.8, 4) is 11.3 Å². The topological polar surface area (TPSA) is 52.0 Å². The summed E-state index contributed by atoms with van der Waals surface area (Å²) in [7, 11) is 0. The fourth-order valence-electron chi connectivity index (χ4n) is 1.47. The summed E-state index contributed by atoms with van der Waals surface area (Å²) in [6.45, 7) is 2.00. The minimum atomic E-state index is 0.182. The van der Waals surface area contributed by atoms with Crippen LogP contribution in [0.4, 0.5) is 6.01 Å². The third-order valence-corrected chi connectivity index (χ3v) is 2.50. The summed E-state index contributed by atoms with van der Waals surface area (Å²) in [5.74, 6) is 0.667.